The van der Waals surface area contributed by atoms with E-state index in [-0.39, 0.29) is 12.5 Å². The zero-order valence-corrected chi connectivity index (χ0v) is 15.3. The third-order valence-electron chi connectivity index (χ3n) is 4.25. The van der Waals surface area contributed by atoms with Crippen LogP contribution < -0.4 is 15.1 Å². The smallest absolute Gasteiger partial charge is 0.253 e. The summed E-state index contributed by atoms with van der Waals surface area (Å²) in [7, 11) is 0. The molecular formula is C18H21N5OS. The Labute approximate surface area is 151 Å². The van der Waals surface area contributed by atoms with Gasteiger partial charge in [0.05, 0.1) is 17.8 Å². The van der Waals surface area contributed by atoms with Crippen molar-refractivity contribution in [3.05, 3.63) is 34.5 Å². The van der Waals surface area contributed by atoms with E-state index in [2.05, 4.69) is 44.9 Å². The molecule has 0 spiro atoms. The van der Waals surface area contributed by atoms with Crippen LogP contribution in [0.2, 0.25) is 0 Å². The molecule has 2 aromatic heterocycles. The van der Waals surface area contributed by atoms with Crippen molar-refractivity contribution in [3.8, 4) is 12.3 Å². The molecule has 0 aromatic carbocycles. The molecule has 3 rings (SSSR count). The molecule has 0 atom stereocenters. The largest absolute Gasteiger partial charge is 0.353 e. The molecule has 25 heavy (non-hydrogen) atoms. The average molecular weight is 355 g/mol. The van der Waals surface area contributed by atoms with Crippen molar-refractivity contribution in [2.75, 3.05) is 42.5 Å². The number of piperazine rings is 1. The summed E-state index contributed by atoms with van der Waals surface area (Å²) < 4.78 is 0. The number of aryl methyl sites for hydroxylation is 2. The first-order valence-electron chi connectivity index (χ1n) is 8.20. The van der Waals surface area contributed by atoms with E-state index in [1.54, 1.807) is 23.6 Å². The summed E-state index contributed by atoms with van der Waals surface area (Å²) in [5, 5.41) is 3.74. The van der Waals surface area contributed by atoms with Crippen molar-refractivity contribution in [2.45, 2.75) is 13.8 Å². The van der Waals surface area contributed by atoms with Crippen LogP contribution in [0.25, 0.3) is 0 Å². The van der Waals surface area contributed by atoms with Crippen LogP contribution in [0, 0.1) is 26.2 Å². The molecule has 7 heteroatoms. The molecule has 130 valence electrons. The predicted molar refractivity (Wildman–Crippen MR) is 101 cm³/mol. The Hall–Kier alpha value is -2.59. The second-order valence-electron chi connectivity index (χ2n) is 5.90. The summed E-state index contributed by atoms with van der Waals surface area (Å²) in [6, 6.07) is 3.67. The fourth-order valence-corrected chi connectivity index (χ4v) is 3.62. The van der Waals surface area contributed by atoms with Crippen LogP contribution >= 0.6 is 11.3 Å². The van der Waals surface area contributed by atoms with Crippen LogP contribution in [-0.2, 0) is 0 Å². The molecule has 0 saturated carbocycles. The van der Waals surface area contributed by atoms with E-state index in [4.69, 9.17) is 6.42 Å². The van der Waals surface area contributed by atoms with Crippen molar-refractivity contribution >= 4 is 28.2 Å². The number of hydrogen-bond acceptors (Lipinski definition) is 6. The predicted octanol–water partition coefficient (Wildman–Crippen LogP) is 1.84. The van der Waals surface area contributed by atoms with Gasteiger partial charge in [0, 0.05) is 37.3 Å². The molecule has 1 amide bonds. The number of terminal acetylenes is 1. The number of pyridine rings is 1. The van der Waals surface area contributed by atoms with Gasteiger partial charge in [0.15, 0.2) is 5.13 Å². The van der Waals surface area contributed by atoms with E-state index >= 15 is 0 Å². The third-order valence-corrected chi connectivity index (χ3v) is 5.39. The monoisotopic (exact) mass is 355 g/mol. The van der Waals surface area contributed by atoms with Crippen LogP contribution in [-0.4, -0.2) is 48.6 Å². The van der Waals surface area contributed by atoms with Gasteiger partial charge in [-0.25, -0.2) is 9.97 Å². The van der Waals surface area contributed by atoms with E-state index in [0.717, 1.165) is 42.8 Å². The van der Waals surface area contributed by atoms with E-state index in [9.17, 15) is 4.79 Å². The van der Waals surface area contributed by atoms with Gasteiger partial charge >= 0.3 is 0 Å². The summed E-state index contributed by atoms with van der Waals surface area (Å²) in [5.74, 6) is 3.08. The maximum absolute atomic E-state index is 11.8. The quantitative estimate of drug-likeness (QED) is 0.848. The van der Waals surface area contributed by atoms with Crippen molar-refractivity contribution in [2.24, 2.45) is 0 Å². The van der Waals surface area contributed by atoms with E-state index in [1.807, 2.05) is 6.07 Å². The molecule has 2 aromatic rings. The minimum absolute atomic E-state index is 0.198. The van der Waals surface area contributed by atoms with Gasteiger partial charge in [-0.2, -0.15) is 0 Å². The lowest BCUT2D eigenvalue weighted by molar-refractivity contribution is 0.0958. The Morgan fingerprint density at radius 2 is 2.00 bits per heavy atom. The van der Waals surface area contributed by atoms with Crippen molar-refractivity contribution in [3.63, 3.8) is 0 Å². The third kappa shape index (κ3) is 3.91. The first-order chi connectivity index (χ1) is 12.1. The Balaban J connectivity index is 1.59. The van der Waals surface area contributed by atoms with E-state index in [1.165, 1.54) is 4.88 Å². The number of carbonyl (C=O) groups excluding carboxylic acids is 1. The minimum atomic E-state index is -0.198. The average Bonchev–Trinajstić information content (AvgIpc) is 2.99. The highest BCUT2D eigenvalue weighted by molar-refractivity contribution is 7.15. The maximum atomic E-state index is 11.8. The number of hydrogen-bond donors (Lipinski definition) is 1. The Morgan fingerprint density at radius 3 is 2.56 bits per heavy atom. The topological polar surface area (TPSA) is 61.4 Å². The molecule has 0 bridgehead atoms. The SMILES string of the molecule is C#CCNC(=O)c1ccc(N2CCN(c3nc(C)c(C)s3)CC2)nc1. The highest BCUT2D eigenvalue weighted by Gasteiger charge is 2.21. The molecular weight excluding hydrogens is 334 g/mol. The number of thiazole rings is 1. The van der Waals surface area contributed by atoms with Gasteiger partial charge in [0.2, 0.25) is 0 Å². The zero-order valence-electron chi connectivity index (χ0n) is 14.5. The van der Waals surface area contributed by atoms with Gasteiger partial charge < -0.3 is 15.1 Å². The van der Waals surface area contributed by atoms with Crippen molar-refractivity contribution in [1.82, 2.24) is 15.3 Å². The Bertz CT molecular complexity index is 765. The molecule has 0 unspecified atom stereocenters. The highest BCUT2D eigenvalue weighted by atomic mass is 32.1. The minimum Gasteiger partial charge on any atom is -0.353 e. The maximum Gasteiger partial charge on any atom is 0.253 e. The summed E-state index contributed by atoms with van der Waals surface area (Å²) in [6.45, 7) is 7.98. The molecule has 1 aliphatic heterocycles. The van der Waals surface area contributed by atoms with Gasteiger partial charge in [-0.05, 0) is 26.0 Å². The number of nitrogens with zero attached hydrogens (tertiary/aromatic N) is 4. The zero-order chi connectivity index (χ0) is 17.8. The van der Waals surface area contributed by atoms with Crippen LogP contribution in [0.15, 0.2) is 18.3 Å². The Morgan fingerprint density at radius 1 is 1.28 bits per heavy atom. The summed E-state index contributed by atoms with van der Waals surface area (Å²) in [4.78, 5) is 26.7. The lowest BCUT2D eigenvalue weighted by Gasteiger charge is -2.35. The molecule has 3 heterocycles. The number of rotatable bonds is 4. The van der Waals surface area contributed by atoms with Crippen LogP contribution in [0.3, 0.4) is 0 Å². The van der Waals surface area contributed by atoms with Crippen LogP contribution in [0.4, 0.5) is 10.9 Å². The molecule has 6 nitrogen and oxygen atoms in total. The number of amides is 1. The fourth-order valence-electron chi connectivity index (χ4n) is 2.66. The number of anilines is 2. The van der Waals surface area contributed by atoms with Crippen molar-refractivity contribution < 1.29 is 4.79 Å². The first kappa shape index (κ1) is 17.2. The summed E-state index contributed by atoms with van der Waals surface area (Å²) in [6.07, 6.45) is 6.74. The van der Waals surface area contributed by atoms with Gasteiger partial charge in [0.25, 0.3) is 5.91 Å². The second-order valence-corrected chi connectivity index (χ2v) is 7.09. The fraction of sp³-hybridized carbons (Fsp3) is 0.389. The molecule has 1 fully saturated rings. The van der Waals surface area contributed by atoms with Gasteiger partial charge in [-0.3, -0.25) is 4.79 Å². The molecule has 0 aliphatic carbocycles. The Kier molecular flexibility index (Phi) is 5.19. The number of carbonyl (C=O) groups is 1. The lowest BCUT2D eigenvalue weighted by Crippen LogP contribution is -2.46. The number of nitrogens with one attached hydrogen (secondary N) is 1. The first-order valence-corrected chi connectivity index (χ1v) is 9.02. The van der Waals surface area contributed by atoms with Gasteiger partial charge in [-0.15, -0.1) is 17.8 Å². The van der Waals surface area contributed by atoms with Crippen LogP contribution in [0.5, 0.6) is 0 Å². The lowest BCUT2D eigenvalue weighted by atomic mass is 10.2. The standard InChI is InChI=1S/C18H21N5OS/c1-4-7-19-17(24)15-5-6-16(20-12-15)22-8-10-23(11-9-22)18-21-13(2)14(3)25-18/h1,5-6,12H,7-11H2,2-3H3,(H,19,24). The van der Waals surface area contributed by atoms with E-state index < -0.39 is 0 Å². The van der Waals surface area contributed by atoms with Gasteiger partial charge in [0.1, 0.15) is 5.82 Å². The normalized spacial score (nSPS) is 14.3. The van der Waals surface area contributed by atoms with Gasteiger partial charge in [-0.1, -0.05) is 5.92 Å². The highest BCUT2D eigenvalue weighted by Crippen LogP contribution is 2.26. The summed E-state index contributed by atoms with van der Waals surface area (Å²) in [5.41, 5.74) is 1.63. The number of aromatic nitrogens is 2. The second kappa shape index (κ2) is 7.53. The molecule has 1 saturated heterocycles. The van der Waals surface area contributed by atoms with E-state index in [0.29, 0.717) is 5.56 Å². The van der Waals surface area contributed by atoms with Crippen molar-refractivity contribution in [1.29, 1.82) is 0 Å². The van der Waals surface area contributed by atoms with Crippen LogP contribution in [0.1, 0.15) is 20.9 Å². The molecule has 1 aliphatic rings. The molecule has 0 radical (unpaired) electrons. The molecule has 1 N–H and O–H groups in total. The summed E-state index contributed by atoms with van der Waals surface area (Å²) >= 11 is 1.75.